The average Bonchev–Trinajstić information content (AvgIpc) is 3.59. The number of carbonyl (C=O) groups excluding carboxylic acids is 2. The van der Waals surface area contributed by atoms with Crippen LogP contribution in [0, 0.1) is 11.8 Å². The number of nitrogens with one attached hydrogen (secondary N) is 1. The zero-order chi connectivity index (χ0) is 22.6. The Balaban J connectivity index is 1.16. The van der Waals surface area contributed by atoms with Crippen LogP contribution in [0.25, 0.3) is 0 Å². The maximum absolute atomic E-state index is 13.5. The molecule has 4 heterocycles. The minimum absolute atomic E-state index is 0.101. The molecule has 0 saturated carbocycles. The highest BCUT2D eigenvalue weighted by Crippen LogP contribution is 2.53. The smallest absolute Gasteiger partial charge is 0.234 e. The topological polar surface area (TPSA) is 86.3 Å². The number of ether oxygens (including phenoxy) is 4. The number of hydrogen-bond donors (Lipinski definition) is 1. The van der Waals surface area contributed by atoms with Crippen molar-refractivity contribution in [2.45, 2.75) is 18.1 Å². The van der Waals surface area contributed by atoms with Crippen LogP contribution in [0.2, 0.25) is 0 Å². The molecule has 1 spiro atoms. The number of methoxy groups -OCH3 is 1. The molecule has 0 radical (unpaired) electrons. The van der Waals surface area contributed by atoms with Gasteiger partial charge in [-0.05, 0) is 36.2 Å². The van der Waals surface area contributed by atoms with Gasteiger partial charge in [0.05, 0.1) is 31.6 Å². The standard InChI is InChI=1S/C25H24N2O6/c1-30-17-5-2-15(3-6-17)9-11-26-23(28)21-19-8-10-25(33-19)13-27(24(29)22(21)25)16-4-7-18-20(12-16)32-14-31-18/h2-8,10,12,19,21-22H,9,11,13-14H2,1H3,(H,26,28). The Morgan fingerprint density at radius 3 is 2.82 bits per heavy atom. The number of nitrogens with zero attached hydrogens (tertiary/aromatic N) is 1. The third kappa shape index (κ3) is 3.16. The minimum atomic E-state index is -0.768. The van der Waals surface area contributed by atoms with Gasteiger partial charge in [-0.1, -0.05) is 24.3 Å². The van der Waals surface area contributed by atoms with Gasteiger partial charge in [-0.3, -0.25) is 9.59 Å². The lowest BCUT2D eigenvalue weighted by atomic mass is 9.77. The zero-order valence-corrected chi connectivity index (χ0v) is 18.2. The Labute approximate surface area is 191 Å². The molecular formula is C25H24N2O6. The number of anilines is 1. The second kappa shape index (κ2) is 7.52. The van der Waals surface area contributed by atoms with Gasteiger partial charge in [-0.2, -0.15) is 0 Å². The Hall–Kier alpha value is -3.52. The lowest BCUT2D eigenvalue weighted by Crippen LogP contribution is -2.44. The van der Waals surface area contributed by atoms with E-state index in [1.165, 1.54) is 0 Å². The first-order chi connectivity index (χ1) is 16.1. The lowest BCUT2D eigenvalue weighted by molar-refractivity contribution is -0.131. The molecule has 170 valence electrons. The summed E-state index contributed by atoms with van der Waals surface area (Å²) in [7, 11) is 1.63. The fourth-order valence-corrected chi connectivity index (χ4v) is 5.31. The van der Waals surface area contributed by atoms with E-state index in [0.717, 1.165) is 11.3 Å². The fraction of sp³-hybridized carbons (Fsp3) is 0.360. The van der Waals surface area contributed by atoms with Crippen molar-refractivity contribution in [1.82, 2.24) is 5.32 Å². The minimum Gasteiger partial charge on any atom is -0.497 e. The molecule has 0 aromatic heterocycles. The third-order valence-corrected chi connectivity index (χ3v) is 6.94. The summed E-state index contributed by atoms with van der Waals surface area (Å²) in [6.45, 7) is 1.03. The molecule has 8 nitrogen and oxygen atoms in total. The van der Waals surface area contributed by atoms with Gasteiger partial charge in [0, 0.05) is 18.3 Å². The van der Waals surface area contributed by atoms with E-state index < -0.39 is 17.4 Å². The van der Waals surface area contributed by atoms with E-state index in [-0.39, 0.29) is 24.7 Å². The van der Waals surface area contributed by atoms with Crippen molar-refractivity contribution in [1.29, 1.82) is 0 Å². The predicted octanol–water partition coefficient (Wildman–Crippen LogP) is 2.07. The van der Waals surface area contributed by atoms with Crippen LogP contribution < -0.4 is 24.4 Å². The second-order valence-electron chi connectivity index (χ2n) is 8.75. The summed E-state index contributed by atoms with van der Waals surface area (Å²) in [5.41, 5.74) is 1.05. The SMILES string of the molecule is COc1ccc(CCNC(=O)C2C3C=CC4(CN(c5ccc6c(c5)OCO6)C(=O)C24)O3)cc1. The van der Waals surface area contributed by atoms with Gasteiger partial charge in [0.25, 0.3) is 0 Å². The van der Waals surface area contributed by atoms with Gasteiger partial charge >= 0.3 is 0 Å². The molecule has 2 amide bonds. The molecule has 2 fully saturated rings. The van der Waals surface area contributed by atoms with Gasteiger partial charge in [-0.25, -0.2) is 0 Å². The van der Waals surface area contributed by atoms with Crippen LogP contribution in [0.4, 0.5) is 5.69 Å². The van der Waals surface area contributed by atoms with Crippen LogP contribution in [0.5, 0.6) is 17.2 Å². The first-order valence-corrected chi connectivity index (χ1v) is 11.1. The normalized spacial score (nSPS) is 28.3. The summed E-state index contributed by atoms with van der Waals surface area (Å²) in [5.74, 6) is 0.738. The van der Waals surface area contributed by atoms with Crippen LogP contribution >= 0.6 is 0 Å². The summed E-state index contributed by atoms with van der Waals surface area (Å²) in [6, 6.07) is 13.2. The molecule has 2 saturated heterocycles. The van der Waals surface area contributed by atoms with Gasteiger partial charge in [0.15, 0.2) is 11.5 Å². The molecule has 4 atom stereocenters. The van der Waals surface area contributed by atoms with Crippen LogP contribution in [0.15, 0.2) is 54.6 Å². The van der Waals surface area contributed by atoms with Gasteiger partial charge in [-0.15, -0.1) is 0 Å². The predicted molar refractivity (Wildman–Crippen MR) is 118 cm³/mol. The van der Waals surface area contributed by atoms with E-state index in [1.807, 2.05) is 42.5 Å². The van der Waals surface area contributed by atoms with E-state index in [9.17, 15) is 9.59 Å². The number of rotatable bonds is 6. The van der Waals surface area contributed by atoms with E-state index >= 15 is 0 Å². The quantitative estimate of drug-likeness (QED) is 0.681. The highest BCUT2D eigenvalue weighted by atomic mass is 16.7. The number of carbonyl (C=O) groups is 2. The molecule has 6 rings (SSSR count). The first-order valence-electron chi connectivity index (χ1n) is 11.1. The van der Waals surface area contributed by atoms with E-state index in [0.29, 0.717) is 36.7 Å². The molecule has 8 heteroatoms. The molecule has 4 unspecified atom stereocenters. The summed E-state index contributed by atoms with van der Waals surface area (Å²) in [4.78, 5) is 28.3. The molecule has 2 bridgehead atoms. The maximum atomic E-state index is 13.5. The monoisotopic (exact) mass is 448 g/mol. The van der Waals surface area contributed by atoms with Crippen molar-refractivity contribution < 1.29 is 28.5 Å². The summed E-state index contributed by atoms with van der Waals surface area (Å²) in [6.07, 6.45) is 4.19. The van der Waals surface area contributed by atoms with Crippen molar-refractivity contribution in [2.75, 3.05) is 31.9 Å². The average molecular weight is 448 g/mol. The number of hydrogen-bond acceptors (Lipinski definition) is 6. The molecule has 0 aliphatic carbocycles. The molecule has 33 heavy (non-hydrogen) atoms. The summed E-state index contributed by atoms with van der Waals surface area (Å²) in [5, 5.41) is 3.01. The fourth-order valence-electron chi connectivity index (χ4n) is 5.31. The van der Waals surface area contributed by atoms with E-state index in [2.05, 4.69) is 5.32 Å². The zero-order valence-electron chi connectivity index (χ0n) is 18.2. The first kappa shape index (κ1) is 20.1. The van der Waals surface area contributed by atoms with Crippen molar-refractivity contribution >= 4 is 17.5 Å². The summed E-state index contributed by atoms with van der Waals surface area (Å²) >= 11 is 0. The van der Waals surface area contributed by atoms with Gasteiger partial charge in [0.2, 0.25) is 18.6 Å². The molecular weight excluding hydrogens is 424 g/mol. The summed E-state index contributed by atoms with van der Waals surface area (Å²) < 4.78 is 22.2. The Kier molecular flexibility index (Phi) is 4.58. The Morgan fingerprint density at radius 1 is 1.18 bits per heavy atom. The number of fused-ring (bicyclic) bond motifs is 2. The van der Waals surface area contributed by atoms with Crippen molar-refractivity contribution in [3.63, 3.8) is 0 Å². The number of amides is 2. The molecule has 4 aliphatic heterocycles. The van der Waals surface area contributed by atoms with Crippen LogP contribution in [0.3, 0.4) is 0 Å². The molecule has 4 aliphatic rings. The number of benzene rings is 2. The Morgan fingerprint density at radius 2 is 2.00 bits per heavy atom. The van der Waals surface area contributed by atoms with Crippen molar-refractivity contribution in [3.8, 4) is 17.2 Å². The highest BCUT2D eigenvalue weighted by molar-refractivity contribution is 6.03. The maximum Gasteiger partial charge on any atom is 0.234 e. The third-order valence-electron chi connectivity index (χ3n) is 6.94. The van der Waals surface area contributed by atoms with E-state index in [4.69, 9.17) is 18.9 Å². The Bertz CT molecular complexity index is 1150. The van der Waals surface area contributed by atoms with Gasteiger partial charge < -0.3 is 29.2 Å². The molecule has 1 N–H and O–H groups in total. The van der Waals surface area contributed by atoms with Crippen molar-refractivity contribution in [3.05, 3.63) is 60.2 Å². The van der Waals surface area contributed by atoms with Crippen LogP contribution in [0.1, 0.15) is 5.56 Å². The van der Waals surface area contributed by atoms with Crippen molar-refractivity contribution in [2.24, 2.45) is 11.8 Å². The van der Waals surface area contributed by atoms with Crippen LogP contribution in [-0.4, -0.2) is 50.5 Å². The largest absolute Gasteiger partial charge is 0.497 e. The van der Waals surface area contributed by atoms with Crippen LogP contribution in [-0.2, 0) is 20.7 Å². The second-order valence-corrected chi connectivity index (χ2v) is 8.75. The highest BCUT2D eigenvalue weighted by Gasteiger charge is 2.67. The van der Waals surface area contributed by atoms with Gasteiger partial charge in [0.1, 0.15) is 11.4 Å². The lowest BCUT2D eigenvalue weighted by Gasteiger charge is -2.23. The van der Waals surface area contributed by atoms with E-state index in [1.54, 1.807) is 24.1 Å². The molecule has 2 aromatic rings. The molecule has 2 aromatic carbocycles.